The molecular weight excluding hydrogens is 1140 g/mol. The Balaban J connectivity index is 1.22. The number of benzene rings is 10. The van der Waals surface area contributed by atoms with Crippen molar-refractivity contribution in [2.75, 3.05) is 0 Å². The van der Waals surface area contributed by atoms with Gasteiger partial charge in [0.05, 0.1) is 68.3 Å². The summed E-state index contributed by atoms with van der Waals surface area (Å²) >= 11 is 0. The van der Waals surface area contributed by atoms with Crippen LogP contribution in [0.25, 0.3) is 115 Å². The third-order valence-electron chi connectivity index (χ3n) is 16.2. The Morgan fingerprint density at radius 1 is 0.368 bits per heavy atom. The van der Waals surface area contributed by atoms with Crippen molar-refractivity contribution < 1.29 is 52.7 Å². The molecule has 0 saturated carbocycles. The topological polar surface area (TPSA) is 38.0 Å². The van der Waals surface area contributed by atoms with Gasteiger partial charge in [0, 0.05) is 32.7 Å². The number of hydrogen-bond donors (Lipinski definition) is 0. The molecule has 4 nitrogen and oxygen atoms in total. The van der Waals surface area contributed by atoms with E-state index >= 15 is 0 Å². The van der Waals surface area contributed by atoms with Gasteiger partial charge in [-0.25, -0.2) is 4.85 Å². The molecule has 10 aromatic carbocycles. The van der Waals surface area contributed by atoms with Crippen LogP contribution in [0.15, 0.2) is 176 Å². The Morgan fingerprint density at radius 2 is 0.713 bits per heavy atom. The summed E-state index contributed by atoms with van der Waals surface area (Å²) in [4.78, 5) is 3.68. The molecule has 2 aromatic heterocycles. The fraction of sp³-hybridized carbons (Fsp3) is 0.127. The van der Waals surface area contributed by atoms with Crippen molar-refractivity contribution in [3.05, 3.63) is 243 Å². The molecule has 2 heterocycles. The van der Waals surface area contributed by atoms with Gasteiger partial charge in [0.2, 0.25) is 0 Å². The van der Waals surface area contributed by atoms with Crippen molar-refractivity contribution in [2.45, 2.75) is 59.3 Å². The van der Waals surface area contributed by atoms with Crippen LogP contribution in [0.1, 0.15) is 55.6 Å². The highest BCUT2D eigenvalue weighted by molar-refractivity contribution is 6.15. The van der Waals surface area contributed by atoms with E-state index in [2.05, 4.69) is 10.9 Å². The van der Waals surface area contributed by atoms with E-state index in [4.69, 9.17) is 6.57 Å². The van der Waals surface area contributed by atoms with E-state index < -0.39 is 52.6 Å². The largest absolute Gasteiger partial charge is 0.417 e. The Bertz CT molecular complexity index is 4840. The molecule has 0 aliphatic heterocycles. The predicted octanol–water partition coefficient (Wildman–Crippen LogP) is 22.3. The smallest absolute Gasteiger partial charge is 0.309 e. The maximum absolute atomic E-state index is 14.9. The lowest BCUT2D eigenvalue weighted by Crippen LogP contribution is -2.07. The predicted molar refractivity (Wildman–Crippen MR) is 317 cm³/mol. The number of nitriles is 1. The highest BCUT2D eigenvalue weighted by Crippen LogP contribution is 2.50. The molecule has 0 unspecified atom stereocenters. The molecule has 0 amide bonds. The van der Waals surface area contributed by atoms with Crippen molar-refractivity contribution in [1.29, 1.82) is 5.26 Å². The molecule has 87 heavy (non-hydrogen) atoms. The van der Waals surface area contributed by atoms with E-state index in [9.17, 15) is 57.9 Å². The molecule has 0 spiro atoms. The molecule has 0 radical (unpaired) electrons. The first kappa shape index (κ1) is 57.4. The molecule has 432 valence electrons. The fourth-order valence-electron chi connectivity index (χ4n) is 12.2. The van der Waals surface area contributed by atoms with Crippen LogP contribution in [0.5, 0.6) is 0 Å². The minimum Gasteiger partial charge on any atom is -0.309 e. The second kappa shape index (κ2) is 20.6. The number of hydrogen-bond acceptors (Lipinski definition) is 1. The summed E-state index contributed by atoms with van der Waals surface area (Å²) in [5, 5.41) is 13.1. The average Bonchev–Trinajstić information content (AvgIpc) is 1.61. The van der Waals surface area contributed by atoms with Gasteiger partial charge >= 0.3 is 24.7 Å². The lowest BCUT2D eigenvalue weighted by molar-refractivity contribution is -0.138. The monoisotopic (exact) mass is 1180 g/mol. The van der Waals surface area contributed by atoms with Gasteiger partial charge in [-0.3, -0.25) is 0 Å². The Morgan fingerprint density at radius 3 is 1.07 bits per heavy atom. The molecule has 0 saturated heterocycles. The third-order valence-corrected chi connectivity index (χ3v) is 16.2. The maximum Gasteiger partial charge on any atom is 0.417 e. The van der Waals surface area contributed by atoms with Gasteiger partial charge in [0.15, 0.2) is 5.69 Å². The zero-order valence-corrected chi connectivity index (χ0v) is 46.6. The van der Waals surface area contributed by atoms with Gasteiger partial charge in [-0.2, -0.15) is 57.9 Å². The molecule has 0 aliphatic carbocycles. The van der Waals surface area contributed by atoms with E-state index in [0.717, 1.165) is 64.7 Å². The summed E-state index contributed by atoms with van der Waals surface area (Å²) in [7, 11) is 0. The number of rotatable bonds is 7. The summed E-state index contributed by atoms with van der Waals surface area (Å²) in [6.45, 7) is 17.0. The van der Waals surface area contributed by atoms with Gasteiger partial charge < -0.3 is 9.13 Å². The number of halogens is 12. The van der Waals surface area contributed by atoms with E-state index in [0.29, 0.717) is 71.4 Å². The van der Waals surface area contributed by atoms with Crippen molar-refractivity contribution in [2.24, 2.45) is 0 Å². The minimum absolute atomic E-state index is 0.00974. The molecule has 0 fully saturated rings. The van der Waals surface area contributed by atoms with Crippen LogP contribution in [-0.2, 0) is 24.7 Å². The Labute approximate surface area is 489 Å². The molecule has 16 heteroatoms. The van der Waals surface area contributed by atoms with Crippen LogP contribution in [0.2, 0.25) is 0 Å². The van der Waals surface area contributed by atoms with Crippen LogP contribution in [0.4, 0.5) is 58.4 Å². The lowest BCUT2D eigenvalue weighted by Gasteiger charge is -2.22. The number of fused-ring (bicyclic) bond motifs is 6. The van der Waals surface area contributed by atoms with Crippen LogP contribution >= 0.6 is 0 Å². The summed E-state index contributed by atoms with van der Waals surface area (Å²) in [5.74, 6) is 0. The number of aromatic nitrogens is 2. The molecule has 0 aliphatic rings. The van der Waals surface area contributed by atoms with Crippen LogP contribution in [0.3, 0.4) is 0 Å². The van der Waals surface area contributed by atoms with E-state index in [-0.39, 0.29) is 50.3 Å². The first-order valence-corrected chi connectivity index (χ1v) is 27.1. The number of nitrogens with zero attached hydrogens (tertiary/aromatic N) is 4. The molecule has 0 N–H and O–H groups in total. The van der Waals surface area contributed by atoms with Crippen LogP contribution in [0, 0.1) is 52.5 Å². The van der Waals surface area contributed by atoms with Gasteiger partial charge in [0.1, 0.15) is 0 Å². The molecule has 0 bridgehead atoms. The lowest BCUT2D eigenvalue weighted by atomic mass is 9.95. The summed E-state index contributed by atoms with van der Waals surface area (Å²) in [6.07, 6.45) is -18.9. The zero-order valence-electron chi connectivity index (χ0n) is 46.6. The number of alkyl halides is 12. The van der Waals surface area contributed by atoms with E-state index in [1.54, 1.807) is 76.7 Å². The fourth-order valence-corrected chi connectivity index (χ4v) is 12.2. The second-order valence-electron chi connectivity index (χ2n) is 21.9. The summed E-state index contributed by atoms with van der Waals surface area (Å²) in [5.41, 5.74) is 4.49. The zero-order chi connectivity index (χ0) is 62.0. The summed E-state index contributed by atoms with van der Waals surface area (Å²) < 4.78 is 176. The molecule has 12 rings (SSSR count). The summed E-state index contributed by atoms with van der Waals surface area (Å²) in [6, 6.07) is 45.4. The number of aryl methyl sites for hydroxylation is 5. The Kier molecular flexibility index (Phi) is 13.6. The Hall–Kier alpha value is -10.1. The highest BCUT2D eigenvalue weighted by Gasteiger charge is 2.36. The van der Waals surface area contributed by atoms with Crippen LogP contribution in [-0.4, -0.2) is 9.13 Å². The first-order chi connectivity index (χ1) is 41.1. The van der Waals surface area contributed by atoms with Gasteiger partial charge in [-0.15, -0.1) is 0 Å². The SMILES string of the molecule is [C-]#[N+]c1cc(C(F)(F)F)ccc1-c1c(-n2c3ccc(-c4ccc(C(F)(F)F)cc4C)cc3c3cc(-c4ccc(C(F)(F)F)cc4C)ccc32)cc(C#N)cc1-n1c2ccc(-c3ccc(C)cc3C)cc2c2cc(-c3ccc(C)cc3C(F)(F)F)ccc21. The average molecular weight is 1180 g/mol. The van der Waals surface area contributed by atoms with Gasteiger partial charge in [-0.05, 0) is 198 Å². The minimum atomic E-state index is -4.89. The third kappa shape index (κ3) is 10.1. The van der Waals surface area contributed by atoms with E-state index in [1.807, 2.05) is 50.2 Å². The molecule has 0 atom stereocenters. The molecular formula is C71H44F12N4. The van der Waals surface area contributed by atoms with Crippen molar-refractivity contribution in [3.63, 3.8) is 0 Å². The van der Waals surface area contributed by atoms with Crippen LogP contribution < -0.4 is 0 Å². The van der Waals surface area contributed by atoms with Crippen molar-refractivity contribution >= 4 is 49.3 Å². The quantitative estimate of drug-likeness (QED) is 0.116. The second-order valence-corrected chi connectivity index (χ2v) is 21.9. The van der Waals surface area contributed by atoms with Gasteiger partial charge in [0.25, 0.3) is 0 Å². The molecule has 12 aromatic rings. The van der Waals surface area contributed by atoms with Crippen molar-refractivity contribution in [1.82, 2.24) is 9.13 Å². The first-order valence-electron chi connectivity index (χ1n) is 27.1. The highest BCUT2D eigenvalue weighted by atomic mass is 19.4. The van der Waals surface area contributed by atoms with E-state index in [1.165, 1.54) is 50.2 Å². The standard InChI is InChI=1S/C71H44F12N4/c1-37-7-16-50(39(3)25-37)43-9-21-63-57(31-43)58-34-46(53-17-8-38(2)26-59(53)71(81,82)83)12-24-64(58)87(63)66-30-42(36-84)29-65(67(66)54-20-15-49(70(78,79)80)35-60(54)85-6)86-61-22-10-44(51-18-13-47(27-40(51)4)68(72,73)74)32-55(61)56-33-45(11-23-62(56)86)52-19-14-48(28-41(52)5)69(75,76)77/h7-35H,1-5H3. The van der Waals surface area contributed by atoms with Gasteiger partial charge in [-0.1, -0.05) is 90.0 Å². The normalized spacial score (nSPS) is 12.4. The van der Waals surface area contributed by atoms with Crippen molar-refractivity contribution in [3.8, 4) is 73.1 Å². The maximum atomic E-state index is 14.9.